The summed E-state index contributed by atoms with van der Waals surface area (Å²) in [5, 5.41) is 12.6. The summed E-state index contributed by atoms with van der Waals surface area (Å²) in [7, 11) is 0. The van der Waals surface area contributed by atoms with Crippen LogP contribution in [0.25, 0.3) is 0 Å². The largest absolute Gasteiger partial charge is 0.452 e. The summed E-state index contributed by atoms with van der Waals surface area (Å²) in [6, 6.07) is 7.40. The van der Waals surface area contributed by atoms with Gasteiger partial charge in [0.2, 0.25) is 0 Å². The second-order valence-electron chi connectivity index (χ2n) is 5.09. The maximum absolute atomic E-state index is 12.9. The van der Waals surface area contributed by atoms with E-state index >= 15 is 0 Å². The third-order valence-corrected chi connectivity index (χ3v) is 3.54. The zero-order valence-corrected chi connectivity index (χ0v) is 14.0. The molecule has 1 amide bonds. The number of ether oxygens (including phenoxy) is 1. The van der Waals surface area contributed by atoms with Crippen LogP contribution in [-0.2, 0) is 15.7 Å². The van der Waals surface area contributed by atoms with E-state index in [4.69, 9.17) is 11.6 Å². The summed E-state index contributed by atoms with van der Waals surface area (Å²) in [6.07, 6.45) is -4.68. The van der Waals surface area contributed by atoms with Gasteiger partial charge in [-0.05, 0) is 24.3 Å². The second-order valence-corrected chi connectivity index (χ2v) is 5.50. The van der Waals surface area contributed by atoms with Gasteiger partial charge >= 0.3 is 12.1 Å². The molecule has 7 nitrogen and oxygen atoms in total. The van der Waals surface area contributed by atoms with Crippen molar-refractivity contribution in [2.24, 2.45) is 0 Å². The molecule has 0 saturated carbocycles. The Hall–Kier alpha value is -3.14. The van der Waals surface area contributed by atoms with Crippen molar-refractivity contribution in [3.63, 3.8) is 0 Å². The molecule has 0 aromatic heterocycles. The SMILES string of the molecule is O=C(COC(=O)c1ccc(Cl)c([N+](=O)[O-])c1)Nc1ccccc1C(F)(F)F. The quantitative estimate of drug-likeness (QED) is 0.462. The van der Waals surface area contributed by atoms with Crippen molar-refractivity contribution in [2.45, 2.75) is 6.18 Å². The topological polar surface area (TPSA) is 98.5 Å². The van der Waals surface area contributed by atoms with E-state index in [1.807, 2.05) is 5.32 Å². The minimum atomic E-state index is -4.68. The highest BCUT2D eigenvalue weighted by molar-refractivity contribution is 6.32. The van der Waals surface area contributed by atoms with Gasteiger partial charge in [0.1, 0.15) is 5.02 Å². The zero-order chi connectivity index (χ0) is 20.2. The smallest absolute Gasteiger partial charge is 0.418 e. The summed E-state index contributed by atoms with van der Waals surface area (Å²) in [4.78, 5) is 33.6. The van der Waals surface area contributed by atoms with Gasteiger partial charge in [-0.25, -0.2) is 4.79 Å². The van der Waals surface area contributed by atoms with E-state index in [-0.39, 0.29) is 10.6 Å². The lowest BCUT2D eigenvalue weighted by Crippen LogP contribution is -2.22. The number of nitrogens with zero attached hydrogens (tertiary/aromatic N) is 1. The molecule has 1 N–H and O–H groups in total. The van der Waals surface area contributed by atoms with Gasteiger partial charge in [0.05, 0.1) is 21.7 Å². The first-order chi connectivity index (χ1) is 12.6. The van der Waals surface area contributed by atoms with Gasteiger partial charge in [0.15, 0.2) is 6.61 Å². The Morgan fingerprint density at radius 3 is 2.48 bits per heavy atom. The van der Waals surface area contributed by atoms with Crippen molar-refractivity contribution in [2.75, 3.05) is 11.9 Å². The van der Waals surface area contributed by atoms with Crippen LogP contribution in [0, 0.1) is 10.1 Å². The zero-order valence-electron chi connectivity index (χ0n) is 13.2. The number of hydrogen-bond donors (Lipinski definition) is 1. The molecule has 0 atom stereocenters. The molecule has 0 aliphatic rings. The summed E-state index contributed by atoms with van der Waals surface area (Å²) in [5.41, 5.74) is -2.32. The third-order valence-electron chi connectivity index (χ3n) is 3.22. The van der Waals surface area contributed by atoms with Crippen LogP contribution in [0.2, 0.25) is 5.02 Å². The van der Waals surface area contributed by atoms with E-state index < -0.39 is 46.5 Å². The van der Waals surface area contributed by atoms with Crippen molar-refractivity contribution >= 4 is 34.9 Å². The first kappa shape index (κ1) is 20.2. The molecule has 0 heterocycles. The number of carbonyl (C=O) groups excluding carboxylic acids is 2. The molecule has 0 fully saturated rings. The van der Waals surface area contributed by atoms with Crippen LogP contribution in [-0.4, -0.2) is 23.4 Å². The minimum absolute atomic E-state index is 0.196. The number of benzene rings is 2. The van der Waals surface area contributed by atoms with Crippen molar-refractivity contribution in [1.29, 1.82) is 0 Å². The van der Waals surface area contributed by atoms with Gasteiger partial charge in [-0.1, -0.05) is 23.7 Å². The predicted octanol–water partition coefficient (Wildman–Crippen LogP) is 4.06. The number of rotatable bonds is 5. The number of halogens is 4. The number of anilines is 1. The van der Waals surface area contributed by atoms with Crippen LogP contribution in [0.15, 0.2) is 42.5 Å². The fourth-order valence-electron chi connectivity index (χ4n) is 2.02. The van der Waals surface area contributed by atoms with Crippen molar-refractivity contribution in [3.05, 3.63) is 68.7 Å². The molecule has 0 unspecified atom stereocenters. The molecule has 2 aromatic carbocycles. The summed E-state index contributed by atoms with van der Waals surface area (Å²) < 4.78 is 43.3. The molecule has 0 aliphatic carbocycles. The van der Waals surface area contributed by atoms with Crippen LogP contribution in [0.3, 0.4) is 0 Å². The highest BCUT2D eigenvalue weighted by Gasteiger charge is 2.33. The normalized spacial score (nSPS) is 11.0. The minimum Gasteiger partial charge on any atom is -0.452 e. The van der Waals surface area contributed by atoms with E-state index in [0.717, 1.165) is 36.4 Å². The molecular formula is C16H10ClF3N2O5. The Labute approximate surface area is 154 Å². The predicted molar refractivity (Wildman–Crippen MR) is 88.5 cm³/mol. The van der Waals surface area contributed by atoms with E-state index in [1.54, 1.807) is 0 Å². The molecule has 0 spiro atoms. The van der Waals surface area contributed by atoms with E-state index in [9.17, 15) is 32.9 Å². The Morgan fingerprint density at radius 2 is 1.85 bits per heavy atom. The number of esters is 1. The van der Waals surface area contributed by atoms with E-state index in [0.29, 0.717) is 0 Å². The van der Waals surface area contributed by atoms with Crippen molar-refractivity contribution < 1.29 is 32.4 Å². The van der Waals surface area contributed by atoms with Crippen LogP contribution in [0.1, 0.15) is 15.9 Å². The van der Waals surface area contributed by atoms with Crippen molar-refractivity contribution in [3.8, 4) is 0 Å². The number of amides is 1. The second kappa shape index (κ2) is 8.04. The average Bonchev–Trinajstić information content (AvgIpc) is 2.59. The van der Waals surface area contributed by atoms with Gasteiger partial charge in [-0.2, -0.15) is 13.2 Å². The molecule has 0 aliphatic heterocycles. The van der Waals surface area contributed by atoms with Gasteiger partial charge < -0.3 is 10.1 Å². The van der Waals surface area contributed by atoms with E-state index in [1.165, 1.54) is 6.07 Å². The monoisotopic (exact) mass is 402 g/mol. The first-order valence-electron chi connectivity index (χ1n) is 7.16. The van der Waals surface area contributed by atoms with Gasteiger partial charge in [-0.15, -0.1) is 0 Å². The van der Waals surface area contributed by atoms with Crippen LogP contribution < -0.4 is 5.32 Å². The fraction of sp³-hybridized carbons (Fsp3) is 0.125. The lowest BCUT2D eigenvalue weighted by molar-refractivity contribution is -0.384. The number of carbonyl (C=O) groups is 2. The molecule has 11 heteroatoms. The Kier molecular flexibility index (Phi) is 6.01. The van der Waals surface area contributed by atoms with Gasteiger partial charge in [0.25, 0.3) is 11.6 Å². The molecular weight excluding hydrogens is 393 g/mol. The standard InChI is InChI=1S/C16H10ClF3N2O5/c17-11-6-5-9(7-13(11)22(25)26)15(24)27-8-14(23)21-12-4-2-1-3-10(12)16(18,19)20/h1-7H,8H2,(H,21,23). The Bertz CT molecular complexity index is 902. The molecule has 0 radical (unpaired) electrons. The van der Waals surface area contributed by atoms with Gasteiger partial charge in [-0.3, -0.25) is 14.9 Å². The Morgan fingerprint density at radius 1 is 1.19 bits per heavy atom. The number of nitrogens with one attached hydrogen (secondary N) is 1. The van der Waals surface area contributed by atoms with Crippen LogP contribution >= 0.6 is 11.6 Å². The molecule has 2 rings (SSSR count). The fourth-order valence-corrected chi connectivity index (χ4v) is 2.21. The average molecular weight is 403 g/mol. The highest BCUT2D eigenvalue weighted by atomic mass is 35.5. The number of nitro benzene ring substituents is 1. The first-order valence-corrected chi connectivity index (χ1v) is 7.54. The lowest BCUT2D eigenvalue weighted by Gasteiger charge is -2.13. The molecule has 2 aromatic rings. The summed E-state index contributed by atoms with van der Waals surface area (Å²) in [5.74, 6) is -2.09. The molecule has 0 bridgehead atoms. The lowest BCUT2D eigenvalue weighted by atomic mass is 10.1. The summed E-state index contributed by atoms with van der Waals surface area (Å²) >= 11 is 5.62. The summed E-state index contributed by atoms with van der Waals surface area (Å²) in [6.45, 7) is -0.887. The number of nitro groups is 1. The maximum Gasteiger partial charge on any atom is 0.418 e. The molecule has 0 saturated heterocycles. The van der Waals surface area contributed by atoms with Gasteiger partial charge in [0, 0.05) is 6.07 Å². The number of hydrogen-bond acceptors (Lipinski definition) is 5. The highest BCUT2D eigenvalue weighted by Crippen LogP contribution is 2.34. The Balaban J connectivity index is 2.04. The van der Waals surface area contributed by atoms with Crippen LogP contribution in [0.4, 0.5) is 24.5 Å². The number of alkyl halides is 3. The van der Waals surface area contributed by atoms with Crippen LogP contribution in [0.5, 0.6) is 0 Å². The maximum atomic E-state index is 12.9. The number of para-hydroxylation sites is 1. The van der Waals surface area contributed by atoms with E-state index in [2.05, 4.69) is 4.74 Å². The molecule has 27 heavy (non-hydrogen) atoms. The van der Waals surface area contributed by atoms with Crippen molar-refractivity contribution in [1.82, 2.24) is 0 Å². The third kappa shape index (κ3) is 5.17. The molecule has 142 valence electrons.